The number of H-pyrrole nitrogens is 1. The maximum absolute atomic E-state index is 13.6. The Balaban J connectivity index is 1.16. The minimum absolute atomic E-state index is 0.00929. The summed E-state index contributed by atoms with van der Waals surface area (Å²) in [7, 11) is 0. The van der Waals surface area contributed by atoms with E-state index in [1.54, 1.807) is 30.6 Å². The molecule has 58 heavy (non-hydrogen) atoms. The summed E-state index contributed by atoms with van der Waals surface area (Å²) in [6.07, 6.45) is 13.4. The molecule has 300 valence electrons. The Morgan fingerprint density at radius 3 is 2.21 bits per heavy atom. The zero-order chi connectivity index (χ0) is 41.1. The van der Waals surface area contributed by atoms with Crippen LogP contribution in [0.2, 0.25) is 0 Å². The molecule has 5 N–H and O–H groups in total. The Hall–Kier alpha value is -6.36. The molecule has 1 unspecified atom stereocenters. The molecule has 0 spiro atoms. The van der Waals surface area contributed by atoms with Gasteiger partial charge in [0.15, 0.2) is 11.9 Å². The number of rotatable bonds is 18. The van der Waals surface area contributed by atoms with E-state index in [4.69, 9.17) is 10.5 Å². The molecule has 0 aliphatic heterocycles. The van der Waals surface area contributed by atoms with Gasteiger partial charge in [0.25, 0.3) is 5.91 Å². The molecule has 6 aromatic rings. The van der Waals surface area contributed by atoms with Gasteiger partial charge < -0.3 is 25.9 Å². The van der Waals surface area contributed by atoms with E-state index >= 15 is 0 Å². The summed E-state index contributed by atoms with van der Waals surface area (Å²) in [5.74, 6) is -0.0432. The summed E-state index contributed by atoms with van der Waals surface area (Å²) in [6.45, 7) is 9.27. The van der Waals surface area contributed by atoms with Gasteiger partial charge in [-0.1, -0.05) is 102 Å². The first-order chi connectivity index (χ1) is 28.0. The average Bonchev–Trinajstić information content (AvgIpc) is 3.64. The predicted molar refractivity (Wildman–Crippen MR) is 230 cm³/mol. The van der Waals surface area contributed by atoms with Crippen molar-refractivity contribution in [1.82, 2.24) is 25.3 Å². The number of hydrogen-bond donors (Lipinski definition) is 4. The molecule has 2 atom stereocenters. The normalized spacial score (nSPS) is 12.9. The number of aromatic amines is 1. The first kappa shape index (κ1) is 41.3. The van der Waals surface area contributed by atoms with Gasteiger partial charge in [0.1, 0.15) is 17.2 Å². The van der Waals surface area contributed by atoms with Crippen molar-refractivity contribution in [2.24, 2.45) is 10.7 Å². The fraction of sp³-hybridized carbons (Fsp3) is 0.319. The number of pyridine rings is 1. The highest BCUT2D eigenvalue weighted by Crippen LogP contribution is 2.25. The monoisotopic (exact) mass is 779 g/mol. The third-order valence-corrected chi connectivity index (χ3v) is 10.2. The predicted octanol–water partition coefficient (Wildman–Crippen LogP) is 8.73. The quantitative estimate of drug-likeness (QED) is 0.0382. The lowest BCUT2D eigenvalue weighted by molar-refractivity contribution is -0.138. The molecule has 11 nitrogen and oxygen atoms in total. The van der Waals surface area contributed by atoms with Gasteiger partial charge in [-0.3, -0.25) is 9.79 Å². The summed E-state index contributed by atoms with van der Waals surface area (Å²) in [4.78, 5) is 47.3. The van der Waals surface area contributed by atoms with Crippen molar-refractivity contribution in [3.05, 3.63) is 132 Å². The third kappa shape index (κ3) is 10.9. The maximum atomic E-state index is 13.6. The van der Waals surface area contributed by atoms with E-state index in [1.807, 2.05) is 79.1 Å². The molecule has 3 heterocycles. The standard InChI is InChI=1S/C47H53N7O4/c1-5-6-7-8-9-25-58-38-22-18-32(19-23-38)36-29-50-43(51-30-36)33-14-12-31(13-15-33)26-40(54-45(55)34-16-20-37(21-17-34)47(2,3)4)42(48)53-41(46(56)57)27-35-28-52-44-39(35)11-10-24-49-44/h10-24,28-30,40-41H,5-9,25-27H2,1-4H3,(H2,48,53)(H,49,52)(H,54,55)(H,56,57)/t40-,41?/m0/s1. The molecule has 0 aliphatic carbocycles. The number of carbonyl (C=O) groups excluding carboxylic acids is 1. The summed E-state index contributed by atoms with van der Waals surface area (Å²) in [5, 5.41) is 14.1. The van der Waals surface area contributed by atoms with Crippen molar-refractivity contribution in [2.45, 2.75) is 90.1 Å². The van der Waals surface area contributed by atoms with Crippen molar-refractivity contribution in [2.75, 3.05) is 6.61 Å². The first-order valence-electron chi connectivity index (χ1n) is 20.0. The van der Waals surface area contributed by atoms with Crippen LogP contribution in [0.4, 0.5) is 0 Å². The lowest BCUT2D eigenvalue weighted by Crippen LogP contribution is -2.47. The van der Waals surface area contributed by atoms with Crippen LogP contribution in [0.25, 0.3) is 33.5 Å². The van der Waals surface area contributed by atoms with Gasteiger partial charge in [-0.15, -0.1) is 0 Å². The van der Waals surface area contributed by atoms with Gasteiger partial charge in [0.2, 0.25) is 0 Å². The van der Waals surface area contributed by atoms with Crippen LogP contribution in [0.3, 0.4) is 0 Å². The Bertz CT molecular complexity index is 2290. The second kappa shape index (κ2) is 19.2. The van der Waals surface area contributed by atoms with E-state index < -0.39 is 18.1 Å². The van der Waals surface area contributed by atoms with Crippen LogP contribution < -0.4 is 15.8 Å². The number of nitrogens with two attached hydrogens (primary N) is 1. The summed E-state index contributed by atoms with van der Waals surface area (Å²) >= 11 is 0. The van der Waals surface area contributed by atoms with Gasteiger partial charge in [0, 0.05) is 53.3 Å². The van der Waals surface area contributed by atoms with Crippen molar-refractivity contribution in [3.63, 3.8) is 0 Å². The number of hydrogen-bond acceptors (Lipinski definition) is 7. The van der Waals surface area contributed by atoms with Crippen molar-refractivity contribution < 1.29 is 19.4 Å². The highest BCUT2D eigenvalue weighted by molar-refractivity contribution is 5.99. The number of ether oxygens (including phenoxy) is 1. The van der Waals surface area contributed by atoms with Crippen molar-refractivity contribution in [3.8, 4) is 28.3 Å². The van der Waals surface area contributed by atoms with Crippen LogP contribution in [0.15, 0.2) is 115 Å². The van der Waals surface area contributed by atoms with Crippen molar-refractivity contribution in [1.29, 1.82) is 0 Å². The molecule has 0 saturated heterocycles. The summed E-state index contributed by atoms with van der Waals surface area (Å²) in [5.41, 5.74) is 13.1. The Labute approximate surface area is 340 Å². The van der Waals surface area contributed by atoms with Crippen molar-refractivity contribution >= 4 is 28.7 Å². The molecule has 11 heteroatoms. The second-order valence-corrected chi connectivity index (χ2v) is 15.7. The number of amides is 1. The molecular formula is C47H53N7O4. The minimum atomic E-state index is -1.19. The van der Waals surface area contributed by atoms with E-state index in [1.165, 1.54) is 25.7 Å². The SMILES string of the molecule is CCCCCCCOc1ccc(-c2cnc(-c3ccc(C[C@H](NC(=O)c4ccc(C(C)(C)C)cc4)C(N)=NC(Cc4c[nH]c5ncccc45)C(=O)O)cc3)nc2)cc1. The highest BCUT2D eigenvalue weighted by atomic mass is 16.5. The number of carboxylic acid groups (broad SMARTS) is 1. The fourth-order valence-electron chi connectivity index (χ4n) is 6.73. The minimum Gasteiger partial charge on any atom is -0.494 e. The number of unbranched alkanes of at least 4 members (excludes halogenated alkanes) is 4. The zero-order valence-electron chi connectivity index (χ0n) is 33.7. The third-order valence-electron chi connectivity index (χ3n) is 10.2. The molecular weight excluding hydrogens is 727 g/mol. The second-order valence-electron chi connectivity index (χ2n) is 15.7. The van der Waals surface area contributed by atoms with Crippen LogP contribution in [0.5, 0.6) is 5.75 Å². The number of carbonyl (C=O) groups is 2. The molecule has 0 radical (unpaired) electrons. The van der Waals surface area contributed by atoms with Crippen LogP contribution in [-0.2, 0) is 23.1 Å². The number of aromatic nitrogens is 4. The zero-order valence-corrected chi connectivity index (χ0v) is 33.7. The van der Waals surface area contributed by atoms with Crippen LogP contribution in [0.1, 0.15) is 86.8 Å². The van der Waals surface area contributed by atoms with Gasteiger partial charge in [0.05, 0.1) is 12.6 Å². The van der Waals surface area contributed by atoms with Gasteiger partial charge in [-0.25, -0.2) is 19.7 Å². The number of fused-ring (bicyclic) bond motifs is 1. The first-order valence-corrected chi connectivity index (χ1v) is 20.0. The molecule has 0 bridgehead atoms. The van der Waals surface area contributed by atoms with E-state index in [-0.39, 0.29) is 30.0 Å². The van der Waals surface area contributed by atoms with Gasteiger partial charge in [-0.05, 0) is 76.9 Å². The summed E-state index contributed by atoms with van der Waals surface area (Å²) < 4.78 is 5.92. The summed E-state index contributed by atoms with van der Waals surface area (Å²) in [6, 6.07) is 24.8. The number of benzene rings is 3. The number of amidine groups is 1. The number of nitrogens with zero attached hydrogens (tertiary/aromatic N) is 4. The van der Waals surface area contributed by atoms with E-state index in [0.717, 1.165) is 57.5 Å². The molecule has 1 amide bonds. The number of aliphatic carboxylic acids is 1. The molecule has 3 aromatic carbocycles. The van der Waals surface area contributed by atoms with Gasteiger partial charge in [-0.2, -0.15) is 0 Å². The molecule has 6 rings (SSSR count). The Kier molecular flexibility index (Phi) is 13.7. The van der Waals surface area contributed by atoms with Crippen LogP contribution in [0, 0.1) is 0 Å². The van der Waals surface area contributed by atoms with Gasteiger partial charge >= 0.3 is 5.97 Å². The maximum Gasteiger partial charge on any atom is 0.328 e. The Morgan fingerprint density at radius 1 is 0.845 bits per heavy atom. The van der Waals surface area contributed by atoms with Crippen LogP contribution in [-0.4, -0.2) is 61.4 Å². The molecule has 3 aromatic heterocycles. The van der Waals surface area contributed by atoms with Crippen LogP contribution >= 0.6 is 0 Å². The smallest absolute Gasteiger partial charge is 0.328 e. The van der Waals surface area contributed by atoms with E-state index in [0.29, 0.717) is 17.0 Å². The average molecular weight is 780 g/mol. The lowest BCUT2D eigenvalue weighted by atomic mass is 9.86. The lowest BCUT2D eigenvalue weighted by Gasteiger charge is -2.21. The number of carboxylic acids is 1. The molecule has 0 aliphatic rings. The topological polar surface area (TPSA) is 168 Å². The number of nitrogens with one attached hydrogen (secondary N) is 2. The highest BCUT2D eigenvalue weighted by Gasteiger charge is 2.24. The molecule has 0 saturated carbocycles. The number of aliphatic imine (C=N–C) groups is 1. The largest absolute Gasteiger partial charge is 0.494 e. The molecule has 0 fully saturated rings. The Morgan fingerprint density at radius 2 is 1.53 bits per heavy atom. The fourth-order valence-corrected chi connectivity index (χ4v) is 6.73. The van der Waals surface area contributed by atoms with E-state index in [9.17, 15) is 14.7 Å². The van der Waals surface area contributed by atoms with E-state index in [2.05, 4.69) is 57.9 Å².